The summed E-state index contributed by atoms with van der Waals surface area (Å²) in [6.07, 6.45) is 10.1. The smallest absolute Gasteiger partial charge is 0.153 e. The largest absolute Gasteiger partial charge is 0.378 e. The molecule has 1 heterocycles. The number of rotatable bonds is 6. The maximum absolute atomic E-state index is 12.5. The van der Waals surface area contributed by atoms with Crippen LogP contribution in [0.2, 0.25) is 0 Å². The minimum absolute atomic E-state index is 0.142. The van der Waals surface area contributed by atoms with Crippen LogP contribution in [-0.4, -0.2) is 43.0 Å². The van der Waals surface area contributed by atoms with Gasteiger partial charge >= 0.3 is 0 Å². The predicted octanol–water partition coefficient (Wildman–Crippen LogP) is 2.78. The Morgan fingerprint density at radius 1 is 1.28 bits per heavy atom. The zero-order chi connectivity index (χ0) is 13.0. The molecule has 2 fully saturated rings. The third-order valence-corrected chi connectivity index (χ3v) is 4.76. The molecule has 0 bridgehead atoms. The molecule has 0 amide bonds. The van der Waals surface area contributed by atoms with Crippen molar-refractivity contribution in [2.75, 3.05) is 20.7 Å². The van der Waals surface area contributed by atoms with Crippen LogP contribution >= 0.6 is 0 Å². The summed E-state index contributed by atoms with van der Waals surface area (Å²) in [5.41, 5.74) is -0.142. The van der Waals surface area contributed by atoms with Gasteiger partial charge in [-0.05, 0) is 52.6 Å². The first-order valence-electron chi connectivity index (χ1n) is 7.47. The van der Waals surface area contributed by atoms with Crippen LogP contribution in [0.4, 0.5) is 0 Å². The molecule has 0 aromatic carbocycles. The standard InChI is InChI=1S/C15H27NO2/c1-16(2)15(10-3-4-11-15)14(17)9-5-7-13-8-6-12-18-13/h13H,3-12H2,1-2H3. The Kier molecular flexibility index (Phi) is 4.79. The molecule has 2 aliphatic rings. The van der Waals surface area contributed by atoms with Gasteiger partial charge in [0.2, 0.25) is 0 Å². The minimum Gasteiger partial charge on any atom is -0.378 e. The highest BCUT2D eigenvalue weighted by atomic mass is 16.5. The third-order valence-electron chi connectivity index (χ3n) is 4.76. The van der Waals surface area contributed by atoms with Gasteiger partial charge in [-0.15, -0.1) is 0 Å². The molecular formula is C15H27NO2. The number of ketones is 1. The molecular weight excluding hydrogens is 226 g/mol. The zero-order valence-electron chi connectivity index (χ0n) is 11.9. The van der Waals surface area contributed by atoms with Crippen molar-refractivity contribution < 1.29 is 9.53 Å². The third kappa shape index (κ3) is 2.94. The van der Waals surface area contributed by atoms with Gasteiger partial charge in [0, 0.05) is 13.0 Å². The number of Topliss-reactive ketones (excluding diaryl/α,β-unsaturated/α-hetero) is 1. The van der Waals surface area contributed by atoms with Crippen molar-refractivity contribution >= 4 is 5.78 Å². The van der Waals surface area contributed by atoms with Crippen LogP contribution < -0.4 is 0 Å². The summed E-state index contributed by atoms with van der Waals surface area (Å²) in [4.78, 5) is 14.7. The van der Waals surface area contributed by atoms with Crippen LogP contribution in [0.1, 0.15) is 57.8 Å². The van der Waals surface area contributed by atoms with Gasteiger partial charge in [0.25, 0.3) is 0 Å². The van der Waals surface area contributed by atoms with Crippen LogP contribution in [0.25, 0.3) is 0 Å². The second-order valence-corrected chi connectivity index (χ2v) is 6.08. The first-order valence-corrected chi connectivity index (χ1v) is 7.47. The maximum Gasteiger partial charge on any atom is 0.153 e. The molecule has 1 saturated carbocycles. The van der Waals surface area contributed by atoms with E-state index in [1.54, 1.807) is 0 Å². The Labute approximate surface area is 111 Å². The lowest BCUT2D eigenvalue weighted by atomic mass is 9.87. The van der Waals surface area contributed by atoms with Gasteiger partial charge in [0.15, 0.2) is 5.78 Å². The Morgan fingerprint density at radius 2 is 2.00 bits per heavy atom. The van der Waals surface area contributed by atoms with E-state index in [-0.39, 0.29) is 5.54 Å². The lowest BCUT2D eigenvalue weighted by Gasteiger charge is -2.34. The van der Waals surface area contributed by atoms with Crippen molar-refractivity contribution in [1.29, 1.82) is 0 Å². The molecule has 18 heavy (non-hydrogen) atoms. The number of nitrogens with zero attached hydrogens (tertiary/aromatic N) is 1. The molecule has 1 aliphatic heterocycles. The zero-order valence-corrected chi connectivity index (χ0v) is 11.9. The first kappa shape index (κ1) is 14.0. The monoisotopic (exact) mass is 253 g/mol. The lowest BCUT2D eigenvalue weighted by Crippen LogP contribution is -2.48. The van der Waals surface area contributed by atoms with Crippen LogP contribution in [-0.2, 0) is 9.53 Å². The van der Waals surface area contributed by atoms with Crippen molar-refractivity contribution in [2.24, 2.45) is 0 Å². The SMILES string of the molecule is CN(C)C1(C(=O)CCCC2CCCO2)CCCC1. The van der Waals surface area contributed by atoms with Gasteiger partial charge in [-0.1, -0.05) is 12.8 Å². The Bertz CT molecular complexity index is 276. The number of hydrogen-bond donors (Lipinski definition) is 0. The van der Waals surface area contributed by atoms with Gasteiger partial charge in [0.1, 0.15) is 0 Å². The number of ether oxygens (including phenoxy) is 1. The highest BCUT2D eigenvalue weighted by molar-refractivity contribution is 5.88. The van der Waals surface area contributed by atoms with E-state index in [1.807, 2.05) is 0 Å². The molecule has 1 aliphatic carbocycles. The summed E-state index contributed by atoms with van der Waals surface area (Å²) in [7, 11) is 4.12. The number of carbonyl (C=O) groups is 1. The van der Waals surface area contributed by atoms with Crippen molar-refractivity contribution in [3.05, 3.63) is 0 Å². The Morgan fingerprint density at radius 3 is 2.56 bits per heavy atom. The van der Waals surface area contributed by atoms with Gasteiger partial charge in [0.05, 0.1) is 11.6 Å². The molecule has 0 N–H and O–H groups in total. The summed E-state index contributed by atoms with van der Waals surface area (Å²) >= 11 is 0. The van der Waals surface area contributed by atoms with E-state index >= 15 is 0 Å². The molecule has 2 rings (SSSR count). The highest BCUT2D eigenvalue weighted by Gasteiger charge is 2.41. The second-order valence-electron chi connectivity index (χ2n) is 6.08. The number of carbonyl (C=O) groups excluding carboxylic acids is 1. The quantitative estimate of drug-likeness (QED) is 0.729. The van der Waals surface area contributed by atoms with E-state index in [9.17, 15) is 4.79 Å². The van der Waals surface area contributed by atoms with Gasteiger partial charge < -0.3 is 4.74 Å². The van der Waals surface area contributed by atoms with Crippen molar-refractivity contribution in [3.8, 4) is 0 Å². The summed E-state index contributed by atoms with van der Waals surface area (Å²) < 4.78 is 5.61. The summed E-state index contributed by atoms with van der Waals surface area (Å²) in [5, 5.41) is 0. The molecule has 3 nitrogen and oxygen atoms in total. The van der Waals surface area contributed by atoms with Gasteiger partial charge in [-0.2, -0.15) is 0 Å². The van der Waals surface area contributed by atoms with Gasteiger partial charge in [-0.25, -0.2) is 0 Å². The topological polar surface area (TPSA) is 29.5 Å². The van der Waals surface area contributed by atoms with Crippen LogP contribution in [0.5, 0.6) is 0 Å². The van der Waals surface area contributed by atoms with Gasteiger partial charge in [-0.3, -0.25) is 9.69 Å². The average Bonchev–Trinajstić information content (AvgIpc) is 3.00. The number of hydrogen-bond acceptors (Lipinski definition) is 3. The molecule has 0 aromatic heterocycles. The van der Waals surface area contributed by atoms with E-state index in [1.165, 1.54) is 25.7 Å². The van der Waals surface area contributed by atoms with E-state index in [2.05, 4.69) is 19.0 Å². The molecule has 0 radical (unpaired) electrons. The molecule has 1 atom stereocenters. The van der Waals surface area contributed by atoms with Crippen LogP contribution in [0, 0.1) is 0 Å². The average molecular weight is 253 g/mol. The minimum atomic E-state index is -0.142. The fourth-order valence-corrected chi connectivity index (χ4v) is 3.53. The van der Waals surface area contributed by atoms with E-state index in [0.29, 0.717) is 11.9 Å². The summed E-state index contributed by atoms with van der Waals surface area (Å²) in [6, 6.07) is 0. The normalized spacial score (nSPS) is 26.9. The lowest BCUT2D eigenvalue weighted by molar-refractivity contribution is -0.129. The summed E-state index contributed by atoms with van der Waals surface area (Å²) in [5.74, 6) is 0.461. The highest BCUT2D eigenvalue weighted by Crippen LogP contribution is 2.36. The molecule has 3 heteroatoms. The van der Waals surface area contributed by atoms with Crippen molar-refractivity contribution in [2.45, 2.75) is 69.4 Å². The van der Waals surface area contributed by atoms with E-state index in [0.717, 1.165) is 38.7 Å². The van der Waals surface area contributed by atoms with Crippen LogP contribution in [0.3, 0.4) is 0 Å². The number of likely N-dealkylation sites (N-methyl/N-ethyl adjacent to an activating group) is 1. The maximum atomic E-state index is 12.5. The fourth-order valence-electron chi connectivity index (χ4n) is 3.53. The summed E-state index contributed by atoms with van der Waals surface area (Å²) in [6.45, 7) is 0.917. The molecule has 1 unspecified atom stereocenters. The van der Waals surface area contributed by atoms with Crippen molar-refractivity contribution in [3.63, 3.8) is 0 Å². The first-order chi connectivity index (χ1) is 8.65. The predicted molar refractivity (Wildman–Crippen MR) is 72.7 cm³/mol. The van der Waals surface area contributed by atoms with Crippen LogP contribution in [0.15, 0.2) is 0 Å². The second kappa shape index (κ2) is 6.16. The van der Waals surface area contributed by atoms with E-state index in [4.69, 9.17) is 4.74 Å². The molecule has 0 aromatic rings. The van der Waals surface area contributed by atoms with Crippen molar-refractivity contribution in [1.82, 2.24) is 4.90 Å². The van der Waals surface area contributed by atoms with E-state index < -0.39 is 0 Å². The molecule has 0 spiro atoms. The Balaban J connectivity index is 1.78. The fraction of sp³-hybridized carbons (Fsp3) is 0.933. The Hall–Kier alpha value is -0.410. The molecule has 1 saturated heterocycles. The molecule has 104 valence electrons.